The maximum Gasteiger partial charge on any atom is 0.242 e. The molecule has 0 amide bonds. The molecule has 0 aliphatic rings. The van der Waals surface area contributed by atoms with Crippen LogP contribution in [0.2, 0.25) is 0 Å². The van der Waals surface area contributed by atoms with Crippen molar-refractivity contribution in [3.8, 4) is 11.6 Å². The van der Waals surface area contributed by atoms with Gasteiger partial charge in [0.2, 0.25) is 11.5 Å². The summed E-state index contributed by atoms with van der Waals surface area (Å²) in [6, 6.07) is 7.73. The first kappa shape index (κ1) is 11.5. The number of rotatable bonds is 4. The minimum absolute atomic E-state index is 0.467. The van der Waals surface area contributed by atoms with Gasteiger partial charge in [-0.15, -0.1) is 5.10 Å². The molecule has 2 N–H and O–H groups in total. The Morgan fingerprint density at radius 2 is 2.00 bits per heavy atom. The van der Waals surface area contributed by atoms with E-state index in [1.807, 2.05) is 24.3 Å². The number of hydrogen-bond donors (Lipinski definition) is 1. The topological polar surface area (TPSA) is 91.2 Å². The number of hydrogen-bond acceptors (Lipinski definition) is 6. The van der Waals surface area contributed by atoms with Crippen molar-refractivity contribution in [2.45, 2.75) is 6.42 Å². The van der Waals surface area contributed by atoms with Gasteiger partial charge in [-0.2, -0.15) is 4.52 Å². The van der Waals surface area contributed by atoms with Crippen LogP contribution in [0.15, 0.2) is 36.7 Å². The molecule has 3 rings (SSSR count). The summed E-state index contributed by atoms with van der Waals surface area (Å²) < 4.78 is 7.20. The van der Waals surface area contributed by atoms with Crippen molar-refractivity contribution in [1.82, 2.24) is 25.0 Å². The molecule has 0 aliphatic carbocycles. The van der Waals surface area contributed by atoms with Crippen LogP contribution in [-0.4, -0.2) is 31.6 Å². The summed E-state index contributed by atoms with van der Waals surface area (Å²) in [6.07, 6.45) is 3.98. The predicted octanol–water partition coefficient (Wildman–Crippen LogP) is 0.813. The summed E-state index contributed by atoms with van der Waals surface area (Å²) in [4.78, 5) is 4.02. The molecule has 0 radical (unpaired) electrons. The Bertz CT molecular complexity index is 678. The highest BCUT2D eigenvalue weighted by atomic mass is 16.5. The second kappa shape index (κ2) is 4.99. The molecular formula is C12H12N6O. The van der Waals surface area contributed by atoms with Crippen molar-refractivity contribution in [2.75, 3.05) is 6.54 Å². The lowest BCUT2D eigenvalue weighted by Gasteiger charge is -2.06. The molecule has 2 aromatic heterocycles. The highest BCUT2D eigenvalue weighted by molar-refractivity contribution is 5.36. The molecule has 19 heavy (non-hydrogen) atoms. The van der Waals surface area contributed by atoms with Crippen molar-refractivity contribution in [1.29, 1.82) is 0 Å². The van der Waals surface area contributed by atoms with Gasteiger partial charge in [0.1, 0.15) is 5.75 Å². The molecule has 0 unspecified atom stereocenters. The molecule has 0 fully saturated rings. The lowest BCUT2D eigenvalue weighted by Crippen LogP contribution is -2.02. The molecule has 0 saturated heterocycles. The van der Waals surface area contributed by atoms with E-state index in [9.17, 15) is 0 Å². The van der Waals surface area contributed by atoms with Crippen molar-refractivity contribution in [3.63, 3.8) is 0 Å². The van der Waals surface area contributed by atoms with Crippen molar-refractivity contribution >= 4 is 5.65 Å². The smallest absolute Gasteiger partial charge is 0.242 e. The molecule has 0 saturated carbocycles. The number of nitrogens with two attached hydrogens (primary N) is 1. The molecule has 0 atom stereocenters. The Morgan fingerprint density at radius 1 is 1.16 bits per heavy atom. The van der Waals surface area contributed by atoms with Crippen LogP contribution >= 0.6 is 0 Å². The average Bonchev–Trinajstić information content (AvgIpc) is 2.91. The second-order valence-electron chi connectivity index (χ2n) is 3.98. The third-order valence-electron chi connectivity index (χ3n) is 2.66. The molecule has 2 heterocycles. The number of tetrazole rings is 1. The molecule has 7 nitrogen and oxygen atoms in total. The van der Waals surface area contributed by atoms with Gasteiger partial charge in [0, 0.05) is 0 Å². The van der Waals surface area contributed by atoms with Crippen LogP contribution in [0.25, 0.3) is 5.65 Å². The fourth-order valence-corrected chi connectivity index (χ4v) is 1.74. The van der Waals surface area contributed by atoms with E-state index in [0.717, 1.165) is 6.42 Å². The van der Waals surface area contributed by atoms with E-state index < -0.39 is 0 Å². The van der Waals surface area contributed by atoms with Gasteiger partial charge in [-0.05, 0) is 41.1 Å². The number of nitrogens with zero attached hydrogens (tertiary/aromatic N) is 5. The molecule has 7 heteroatoms. The minimum Gasteiger partial charge on any atom is -0.437 e. The van der Waals surface area contributed by atoms with Gasteiger partial charge in [0.25, 0.3) is 0 Å². The number of fused-ring (bicyclic) bond motifs is 1. The Kier molecular flexibility index (Phi) is 3.03. The van der Waals surface area contributed by atoms with Gasteiger partial charge in [-0.3, -0.25) is 4.98 Å². The van der Waals surface area contributed by atoms with Gasteiger partial charge in [0.05, 0.1) is 12.4 Å². The van der Waals surface area contributed by atoms with E-state index in [4.69, 9.17) is 10.5 Å². The lowest BCUT2D eigenvalue weighted by atomic mass is 10.1. The van der Waals surface area contributed by atoms with E-state index in [0.29, 0.717) is 23.8 Å². The highest BCUT2D eigenvalue weighted by Gasteiger charge is 2.06. The Hall–Kier alpha value is -2.54. The summed E-state index contributed by atoms with van der Waals surface area (Å²) in [5.74, 6) is 1.17. The van der Waals surface area contributed by atoms with E-state index >= 15 is 0 Å². The van der Waals surface area contributed by atoms with Gasteiger partial charge < -0.3 is 10.5 Å². The molecule has 0 spiro atoms. The van der Waals surface area contributed by atoms with Gasteiger partial charge in [-0.25, -0.2) is 0 Å². The normalized spacial score (nSPS) is 10.8. The molecule has 0 aliphatic heterocycles. The zero-order chi connectivity index (χ0) is 13.1. The Balaban J connectivity index is 1.86. The second-order valence-corrected chi connectivity index (χ2v) is 3.98. The van der Waals surface area contributed by atoms with E-state index in [2.05, 4.69) is 20.5 Å². The molecule has 0 bridgehead atoms. The zero-order valence-electron chi connectivity index (χ0n) is 10.1. The molecule has 96 valence electrons. The molecular weight excluding hydrogens is 244 g/mol. The van der Waals surface area contributed by atoms with Gasteiger partial charge in [-0.1, -0.05) is 12.1 Å². The Labute approximate surface area is 109 Å². The SMILES string of the molecule is NCCc1ccc(Oc2cncc3nnnn23)cc1. The summed E-state index contributed by atoms with van der Waals surface area (Å²) in [5, 5.41) is 11.2. The van der Waals surface area contributed by atoms with Gasteiger partial charge in [0.15, 0.2) is 0 Å². The van der Waals surface area contributed by atoms with Crippen LogP contribution in [0.3, 0.4) is 0 Å². The van der Waals surface area contributed by atoms with Crippen LogP contribution < -0.4 is 10.5 Å². The third-order valence-corrected chi connectivity index (χ3v) is 2.66. The first-order valence-corrected chi connectivity index (χ1v) is 5.86. The maximum atomic E-state index is 5.71. The number of ether oxygens (including phenoxy) is 1. The number of aromatic nitrogens is 5. The van der Waals surface area contributed by atoms with Crippen molar-refractivity contribution < 1.29 is 4.74 Å². The first-order valence-electron chi connectivity index (χ1n) is 5.86. The fourth-order valence-electron chi connectivity index (χ4n) is 1.74. The maximum absolute atomic E-state index is 5.71. The summed E-state index contributed by atoms with van der Waals surface area (Å²) >= 11 is 0. The molecule has 3 aromatic rings. The fraction of sp³-hybridized carbons (Fsp3) is 0.167. The van der Waals surface area contributed by atoms with Crippen LogP contribution in [0.5, 0.6) is 11.6 Å². The highest BCUT2D eigenvalue weighted by Crippen LogP contribution is 2.20. The monoisotopic (exact) mass is 256 g/mol. The zero-order valence-corrected chi connectivity index (χ0v) is 10.1. The average molecular weight is 256 g/mol. The summed E-state index contributed by atoms with van der Waals surface area (Å²) in [6.45, 7) is 0.633. The third kappa shape index (κ3) is 2.36. The first-order chi connectivity index (χ1) is 9.36. The summed E-state index contributed by atoms with van der Waals surface area (Å²) in [5.41, 5.74) is 7.22. The van der Waals surface area contributed by atoms with E-state index in [1.165, 1.54) is 10.1 Å². The number of benzene rings is 1. The van der Waals surface area contributed by atoms with Crippen LogP contribution in [0, 0.1) is 0 Å². The Morgan fingerprint density at radius 3 is 2.79 bits per heavy atom. The standard InChI is InChI=1S/C12H12N6O/c13-6-5-9-1-3-10(4-2-9)19-12-8-14-7-11-15-16-17-18(11)12/h1-4,7-8H,5-6,13H2. The van der Waals surface area contributed by atoms with Crippen molar-refractivity contribution in [2.24, 2.45) is 5.73 Å². The minimum atomic E-state index is 0.467. The van der Waals surface area contributed by atoms with E-state index in [1.54, 1.807) is 12.4 Å². The summed E-state index contributed by atoms with van der Waals surface area (Å²) in [7, 11) is 0. The van der Waals surface area contributed by atoms with Crippen LogP contribution in [-0.2, 0) is 6.42 Å². The molecule has 1 aromatic carbocycles. The van der Waals surface area contributed by atoms with Crippen molar-refractivity contribution in [3.05, 3.63) is 42.2 Å². The van der Waals surface area contributed by atoms with Crippen LogP contribution in [0.4, 0.5) is 0 Å². The van der Waals surface area contributed by atoms with E-state index in [-0.39, 0.29) is 0 Å². The quantitative estimate of drug-likeness (QED) is 0.742. The van der Waals surface area contributed by atoms with Gasteiger partial charge >= 0.3 is 0 Å². The van der Waals surface area contributed by atoms with Crippen LogP contribution in [0.1, 0.15) is 5.56 Å². The lowest BCUT2D eigenvalue weighted by molar-refractivity contribution is 0.442. The predicted molar refractivity (Wildman–Crippen MR) is 67.9 cm³/mol. The largest absolute Gasteiger partial charge is 0.437 e.